The predicted molar refractivity (Wildman–Crippen MR) is 90.6 cm³/mol. The number of amides is 1. The van der Waals surface area contributed by atoms with E-state index in [1.807, 2.05) is 19.1 Å². The van der Waals surface area contributed by atoms with Crippen LogP contribution in [0.3, 0.4) is 0 Å². The third kappa shape index (κ3) is 3.48. The monoisotopic (exact) mass is 326 g/mol. The number of carbonyl (C=O) groups excluding carboxylic acids is 1. The summed E-state index contributed by atoms with van der Waals surface area (Å²) in [7, 11) is 1.57. The Morgan fingerprint density at radius 1 is 1.17 bits per heavy atom. The molecule has 3 rings (SSSR count). The van der Waals surface area contributed by atoms with Crippen molar-refractivity contribution in [2.75, 3.05) is 19.0 Å². The molecule has 0 fully saturated rings. The number of aromatic nitrogens is 1. The number of fused-ring (bicyclic) bond motifs is 1. The van der Waals surface area contributed by atoms with Crippen molar-refractivity contribution in [2.24, 2.45) is 0 Å². The molecule has 0 aliphatic carbocycles. The molecule has 0 saturated heterocycles. The predicted octanol–water partition coefficient (Wildman–Crippen LogP) is 3.47. The second kappa shape index (κ2) is 6.62. The maximum absolute atomic E-state index is 12.1. The first-order chi connectivity index (χ1) is 11.5. The number of oxazole rings is 1. The Hall–Kier alpha value is -3.02. The van der Waals surface area contributed by atoms with Gasteiger partial charge < -0.3 is 19.2 Å². The van der Waals surface area contributed by atoms with Gasteiger partial charge in [-0.05, 0) is 36.8 Å². The molecule has 3 aromatic rings. The van der Waals surface area contributed by atoms with Gasteiger partial charge in [0.05, 0.1) is 7.11 Å². The molecule has 6 nitrogen and oxygen atoms in total. The van der Waals surface area contributed by atoms with Crippen LogP contribution in [0.2, 0.25) is 0 Å². The van der Waals surface area contributed by atoms with E-state index in [4.69, 9.17) is 13.9 Å². The Kier molecular flexibility index (Phi) is 4.37. The van der Waals surface area contributed by atoms with Crippen LogP contribution in [-0.4, -0.2) is 24.6 Å². The van der Waals surface area contributed by atoms with Gasteiger partial charge in [-0.2, -0.15) is 0 Å². The van der Waals surface area contributed by atoms with E-state index in [-0.39, 0.29) is 12.5 Å². The molecule has 0 bridgehead atoms. The summed E-state index contributed by atoms with van der Waals surface area (Å²) in [6.45, 7) is 3.62. The molecular weight excluding hydrogens is 308 g/mol. The maximum atomic E-state index is 12.1. The highest BCUT2D eigenvalue weighted by Gasteiger charge is 2.09. The highest BCUT2D eigenvalue weighted by atomic mass is 16.5. The summed E-state index contributed by atoms with van der Waals surface area (Å²) in [5, 5.41) is 2.77. The number of nitrogens with zero attached hydrogens (tertiary/aromatic N) is 1. The molecule has 124 valence electrons. The van der Waals surface area contributed by atoms with E-state index in [2.05, 4.69) is 10.3 Å². The minimum Gasteiger partial charge on any atom is -0.493 e. The summed E-state index contributed by atoms with van der Waals surface area (Å²) in [5.74, 6) is 1.44. The van der Waals surface area contributed by atoms with Gasteiger partial charge >= 0.3 is 0 Å². The first-order valence-corrected chi connectivity index (χ1v) is 7.49. The normalized spacial score (nSPS) is 10.6. The molecule has 0 atom stereocenters. The lowest BCUT2D eigenvalue weighted by Gasteiger charge is -2.11. The molecule has 2 aromatic carbocycles. The van der Waals surface area contributed by atoms with Crippen molar-refractivity contribution in [3.8, 4) is 11.5 Å². The van der Waals surface area contributed by atoms with Crippen LogP contribution in [0, 0.1) is 13.8 Å². The van der Waals surface area contributed by atoms with E-state index in [9.17, 15) is 4.79 Å². The SMILES string of the molecule is COc1cc(C)ccc1OCC(=O)Nc1ccc2nc(C)oc2c1. The van der Waals surface area contributed by atoms with E-state index in [1.54, 1.807) is 38.3 Å². The van der Waals surface area contributed by atoms with Crippen molar-refractivity contribution in [3.63, 3.8) is 0 Å². The second-order valence-electron chi connectivity index (χ2n) is 5.41. The highest BCUT2D eigenvalue weighted by Crippen LogP contribution is 2.27. The van der Waals surface area contributed by atoms with E-state index in [1.165, 1.54) is 0 Å². The van der Waals surface area contributed by atoms with E-state index >= 15 is 0 Å². The Balaban J connectivity index is 1.64. The summed E-state index contributed by atoms with van der Waals surface area (Å²) in [6.07, 6.45) is 0. The number of hydrogen-bond acceptors (Lipinski definition) is 5. The third-order valence-corrected chi connectivity index (χ3v) is 3.46. The molecule has 0 spiro atoms. The van der Waals surface area contributed by atoms with Gasteiger partial charge in [-0.15, -0.1) is 0 Å². The minimum absolute atomic E-state index is 0.118. The summed E-state index contributed by atoms with van der Waals surface area (Å²) in [5.41, 5.74) is 3.07. The molecule has 6 heteroatoms. The maximum Gasteiger partial charge on any atom is 0.262 e. The van der Waals surface area contributed by atoms with Crippen molar-refractivity contribution in [2.45, 2.75) is 13.8 Å². The lowest BCUT2D eigenvalue weighted by molar-refractivity contribution is -0.118. The molecular formula is C18H18N2O4. The molecule has 0 unspecified atom stereocenters. The molecule has 0 saturated carbocycles. The van der Waals surface area contributed by atoms with Crippen LogP contribution in [0.1, 0.15) is 11.5 Å². The van der Waals surface area contributed by atoms with Gasteiger partial charge in [0.2, 0.25) is 0 Å². The van der Waals surface area contributed by atoms with Crippen LogP contribution in [0.15, 0.2) is 40.8 Å². The summed E-state index contributed by atoms with van der Waals surface area (Å²) in [6, 6.07) is 10.8. The summed E-state index contributed by atoms with van der Waals surface area (Å²) >= 11 is 0. The van der Waals surface area contributed by atoms with Crippen molar-refractivity contribution in [3.05, 3.63) is 47.9 Å². The summed E-state index contributed by atoms with van der Waals surface area (Å²) in [4.78, 5) is 16.3. The molecule has 1 N–H and O–H groups in total. The van der Waals surface area contributed by atoms with Crippen LogP contribution in [0.5, 0.6) is 11.5 Å². The van der Waals surface area contributed by atoms with Gasteiger partial charge in [0.1, 0.15) is 5.52 Å². The quantitative estimate of drug-likeness (QED) is 0.777. The summed E-state index contributed by atoms with van der Waals surface area (Å²) < 4.78 is 16.2. The zero-order chi connectivity index (χ0) is 17.1. The molecule has 0 radical (unpaired) electrons. The zero-order valence-electron chi connectivity index (χ0n) is 13.8. The Morgan fingerprint density at radius 2 is 2.00 bits per heavy atom. The molecule has 1 amide bonds. The number of ether oxygens (including phenoxy) is 2. The van der Waals surface area contributed by atoms with Gasteiger partial charge in [-0.3, -0.25) is 4.79 Å². The van der Waals surface area contributed by atoms with E-state index in [0.29, 0.717) is 28.7 Å². The van der Waals surface area contributed by atoms with Crippen LogP contribution in [0.4, 0.5) is 5.69 Å². The fraction of sp³-hybridized carbons (Fsp3) is 0.222. The average Bonchev–Trinajstić information content (AvgIpc) is 2.92. The lowest BCUT2D eigenvalue weighted by Crippen LogP contribution is -2.20. The van der Waals surface area contributed by atoms with Gasteiger partial charge in [0.15, 0.2) is 29.6 Å². The van der Waals surface area contributed by atoms with Gasteiger partial charge in [0.25, 0.3) is 5.91 Å². The first-order valence-electron chi connectivity index (χ1n) is 7.49. The number of aryl methyl sites for hydroxylation is 2. The van der Waals surface area contributed by atoms with Gasteiger partial charge in [-0.1, -0.05) is 6.07 Å². The van der Waals surface area contributed by atoms with E-state index < -0.39 is 0 Å². The van der Waals surface area contributed by atoms with Gasteiger partial charge in [0, 0.05) is 18.7 Å². The van der Waals surface area contributed by atoms with Gasteiger partial charge in [-0.25, -0.2) is 4.98 Å². The van der Waals surface area contributed by atoms with Crippen LogP contribution >= 0.6 is 0 Å². The zero-order valence-corrected chi connectivity index (χ0v) is 13.8. The second-order valence-corrected chi connectivity index (χ2v) is 5.41. The number of hydrogen-bond donors (Lipinski definition) is 1. The van der Waals surface area contributed by atoms with Crippen molar-refractivity contribution >= 4 is 22.7 Å². The molecule has 1 aromatic heterocycles. The standard InChI is InChI=1S/C18H18N2O4/c1-11-4-7-15(17(8-11)22-3)23-10-18(21)20-13-5-6-14-16(9-13)24-12(2)19-14/h4-9H,10H2,1-3H3,(H,20,21). The van der Waals surface area contributed by atoms with Crippen molar-refractivity contribution in [1.29, 1.82) is 0 Å². The lowest BCUT2D eigenvalue weighted by atomic mass is 10.2. The Bertz CT molecular complexity index is 886. The number of anilines is 1. The Morgan fingerprint density at radius 3 is 2.79 bits per heavy atom. The number of benzene rings is 2. The smallest absolute Gasteiger partial charge is 0.262 e. The third-order valence-electron chi connectivity index (χ3n) is 3.46. The largest absolute Gasteiger partial charge is 0.493 e. The fourth-order valence-corrected chi connectivity index (χ4v) is 2.35. The van der Waals surface area contributed by atoms with Crippen molar-refractivity contribution in [1.82, 2.24) is 4.98 Å². The molecule has 0 aliphatic heterocycles. The van der Waals surface area contributed by atoms with Crippen LogP contribution in [0.25, 0.3) is 11.1 Å². The number of rotatable bonds is 5. The Labute approximate surface area is 139 Å². The van der Waals surface area contributed by atoms with Crippen molar-refractivity contribution < 1.29 is 18.7 Å². The van der Waals surface area contributed by atoms with E-state index in [0.717, 1.165) is 11.1 Å². The molecule has 0 aliphatic rings. The molecule has 24 heavy (non-hydrogen) atoms. The first kappa shape index (κ1) is 15.9. The number of methoxy groups -OCH3 is 1. The highest BCUT2D eigenvalue weighted by molar-refractivity contribution is 5.93. The minimum atomic E-state index is -0.270. The van der Waals surface area contributed by atoms with Crippen LogP contribution < -0.4 is 14.8 Å². The number of nitrogens with one attached hydrogen (secondary N) is 1. The average molecular weight is 326 g/mol. The topological polar surface area (TPSA) is 73.6 Å². The fourth-order valence-electron chi connectivity index (χ4n) is 2.35. The molecule has 1 heterocycles. The number of carbonyl (C=O) groups is 1. The van der Waals surface area contributed by atoms with Crippen LogP contribution in [-0.2, 0) is 4.79 Å².